The predicted octanol–water partition coefficient (Wildman–Crippen LogP) is 1.27. The van der Waals surface area contributed by atoms with Crippen molar-refractivity contribution in [3.8, 4) is 0 Å². The standard InChI is InChI=1S/C7H10O2/c1-6(8)7-4-2-3-5-9-7/h4H,2-3,5H2,1H3. The molecule has 0 saturated heterocycles. The quantitative estimate of drug-likeness (QED) is 0.529. The van der Waals surface area contributed by atoms with Gasteiger partial charge in [-0.25, -0.2) is 0 Å². The van der Waals surface area contributed by atoms with Crippen molar-refractivity contribution in [2.45, 2.75) is 19.8 Å². The van der Waals surface area contributed by atoms with Gasteiger partial charge in [-0.2, -0.15) is 0 Å². The molecule has 0 aliphatic carbocycles. The van der Waals surface area contributed by atoms with Crippen molar-refractivity contribution in [2.75, 3.05) is 6.61 Å². The summed E-state index contributed by atoms with van der Waals surface area (Å²) in [6.07, 6.45) is 3.87. The van der Waals surface area contributed by atoms with E-state index in [2.05, 4.69) is 0 Å². The first-order chi connectivity index (χ1) is 4.30. The highest BCUT2D eigenvalue weighted by molar-refractivity contribution is 5.91. The van der Waals surface area contributed by atoms with Gasteiger partial charge >= 0.3 is 0 Å². The molecule has 0 unspecified atom stereocenters. The lowest BCUT2D eigenvalue weighted by Gasteiger charge is -2.11. The molecular formula is C7H10O2. The van der Waals surface area contributed by atoms with Crippen molar-refractivity contribution in [2.24, 2.45) is 0 Å². The van der Waals surface area contributed by atoms with E-state index in [-0.39, 0.29) is 5.78 Å². The van der Waals surface area contributed by atoms with Gasteiger partial charge in [0.05, 0.1) is 6.61 Å². The Kier molecular flexibility index (Phi) is 1.88. The maximum absolute atomic E-state index is 10.6. The second-order valence-electron chi connectivity index (χ2n) is 2.12. The van der Waals surface area contributed by atoms with E-state index in [0.29, 0.717) is 12.4 Å². The van der Waals surface area contributed by atoms with Gasteiger partial charge in [0.25, 0.3) is 0 Å². The molecule has 0 bridgehead atoms. The summed E-state index contributed by atoms with van der Waals surface area (Å²) in [5.41, 5.74) is 0. The monoisotopic (exact) mass is 126 g/mol. The molecule has 0 radical (unpaired) electrons. The molecule has 0 N–H and O–H groups in total. The summed E-state index contributed by atoms with van der Waals surface area (Å²) in [4.78, 5) is 10.6. The highest BCUT2D eigenvalue weighted by Gasteiger charge is 2.07. The lowest BCUT2D eigenvalue weighted by atomic mass is 10.2. The van der Waals surface area contributed by atoms with Gasteiger partial charge in [0.2, 0.25) is 0 Å². The second kappa shape index (κ2) is 2.67. The van der Waals surface area contributed by atoms with Gasteiger partial charge in [-0.3, -0.25) is 4.79 Å². The summed E-state index contributed by atoms with van der Waals surface area (Å²) in [6, 6.07) is 0. The third-order valence-corrected chi connectivity index (χ3v) is 1.28. The van der Waals surface area contributed by atoms with Crippen LogP contribution < -0.4 is 0 Å². The van der Waals surface area contributed by atoms with Crippen LogP contribution in [0.15, 0.2) is 11.8 Å². The van der Waals surface area contributed by atoms with Crippen molar-refractivity contribution in [1.29, 1.82) is 0 Å². The lowest BCUT2D eigenvalue weighted by molar-refractivity contribution is -0.117. The summed E-state index contributed by atoms with van der Waals surface area (Å²) in [7, 11) is 0. The van der Waals surface area contributed by atoms with E-state index in [9.17, 15) is 4.79 Å². The molecule has 0 saturated carbocycles. The molecule has 2 heteroatoms. The Morgan fingerprint density at radius 2 is 2.56 bits per heavy atom. The highest BCUT2D eigenvalue weighted by atomic mass is 16.5. The Morgan fingerprint density at radius 1 is 1.78 bits per heavy atom. The Morgan fingerprint density at radius 3 is 2.89 bits per heavy atom. The maximum atomic E-state index is 10.6. The molecule has 0 fully saturated rings. The van der Waals surface area contributed by atoms with Gasteiger partial charge in [0.1, 0.15) is 0 Å². The minimum atomic E-state index is 0.0368. The van der Waals surface area contributed by atoms with Crippen LogP contribution >= 0.6 is 0 Å². The van der Waals surface area contributed by atoms with Crippen molar-refractivity contribution in [3.63, 3.8) is 0 Å². The summed E-state index contributed by atoms with van der Waals surface area (Å²) in [6.45, 7) is 2.22. The van der Waals surface area contributed by atoms with Crippen LogP contribution in [-0.4, -0.2) is 12.4 Å². The van der Waals surface area contributed by atoms with Crippen LogP contribution in [0.1, 0.15) is 19.8 Å². The van der Waals surface area contributed by atoms with Crippen LogP contribution in [0.25, 0.3) is 0 Å². The molecular weight excluding hydrogens is 116 g/mol. The van der Waals surface area contributed by atoms with Crippen molar-refractivity contribution >= 4 is 5.78 Å². The number of carbonyl (C=O) groups excluding carboxylic acids is 1. The first-order valence-corrected chi connectivity index (χ1v) is 3.14. The van der Waals surface area contributed by atoms with Crippen LogP contribution in [-0.2, 0) is 9.53 Å². The number of carbonyl (C=O) groups is 1. The number of allylic oxidation sites excluding steroid dienone is 2. The van der Waals surface area contributed by atoms with Gasteiger partial charge in [-0.15, -0.1) is 0 Å². The van der Waals surface area contributed by atoms with Crippen molar-refractivity contribution in [3.05, 3.63) is 11.8 Å². The molecule has 0 aromatic rings. The predicted molar refractivity (Wildman–Crippen MR) is 33.9 cm³/mol. The van der Waals surface area contributed by atoms with Crippen molar-refractivity contribution < 1.29 is 9.53 Å². The zero-order valence-electron chi connectivity index (χ0n) is 5.52. The summed E-state index contributed by atoms with van der Waals surface area (Å²) in [5, 5.41) is 0. The number of Topliss-reactive ketones (excluding diaryl/α,β-unsaturated/α-hetero) is 1. The average Bonchev–Trinajstić information content (AvgIpc) is 1.90. The molecule has 0 atom stereocenters. The first kappa shape index (κ1) is 6.33. The molecule has 0 aromatic heterocycles. The van der Waals surface area contributed by atoms with E-state index in [0.717, 1.165) is 12.8 Å². The second-order valence-corrected chi connectivity index (χ2v) is 2.12. The van der Waals surface area contributed by atoms with Crippen LogP contribution in [0.2, 0.25) is 0 Å². The number of ketones is 1. The van der Waals surface area contributed by atoms with Gasteiger partial charge in [-0.05, 0) is 18.9 Å². The minimum Gasteiger partial charge on any atom is -0.490 e. The Hall–Kier alpha value is -0.790. The average molecular weight is 126 g/mol. The van der Waals surface area contributed by atoms with Crippen molar-refractivity contribution in [1.82, 2.24) is 0 Å². The SMILES string of the molecule is CC(=O)C1=CCCCO1. The van der Waals surface area contributed by atoms with Gasteiger partial charge in [0.15, 0.2) is 11.5 Å². The Labute approximate surface area is 54.5 Å². The lowest BCUT2D eigenvalue weighted by Crippen LogP contribution is -2.07. The largest absolute Gasteiger partial charge is 0.490 e. The van der Waals surface area contributed by atoms with E-state index in [1.54, 1.807) is 0 Å². The Bertz CT molecular complexity index is 147. The summed E-state index contributed by atoms with van der Waals surface area (Å²) >= 11 is 0. The van der Waals surface area contributed by atoms with Gasteiger partial charge in [-0.1, -0.05) is 0 Å². The van der Waals surface area contributed by atoms with Crippen LogP contribution in [0.4, 0.5) is 0 Å². The third kappa shape index (κ3) is 1.56. The number of hydrogen-bond donors (Lipinski definition) is 0. The molecule has 9 heavy (non-hydrogen) atoms. The number of rotatable bonds is 1. The fraction of sp³-hybridized carbons (Fsp3) is 0.571. The Balaban J connectivity index is 2.57. The van der Waals surface area contributed by atoms with Gasteiger partial charge in [0, 0.05) is 6.92 Å². The molecule has 0 aromatic carbocycles. The van der Waals surface area contributed by atoms with Crippen LogP contribution in [0.5, 0.6) is 0 Å². The molecule has 1 rings (SSSR count). The summed E-state index contributed by atoms with van der Waals surface area (Å²) < 4.78 is 5.05. The first-order valence-electron chi connectivity index (χ1n) is 3.14. The van der Waals surface area contributed by atoms with E-state index in [1.807, 2.05) is 6.08 Å². The fourth-order valence-electron chi connectivity index (χ4n) is 0.803. The maximum Gasteiger partial charge on any atom is 0.193 e. The van der Waals surface area contributed by atoms with Crippen LogP contribution in [0, 0.1) is 0 Å². The molecule has 0 amide bonds. The fourth-order valence-corrected chi connectivity index (χ4v) is 0.803. The normalized spacial score (nSPS) is 18.1. The summed E-state index contributed by atoms with van der Waals surface area (Å²) in [5.74, 6) is 0.580. The van der Waals surface area contributed by atoms with E-state index in [1.165, 1.54) is 6.92 Å². The molecule has 0 spiro atoms. The molecule has 1 heterocycles. The highest BCUT2D eigenvalue weighted by Crippen LogP contribution is 2.09. The van der Waals surface area contributed by atoms with E-state index in [4.69, 9.17) is 4.74 Å². The zero-order chi connectivity index (χ0) is 6.69. The van der Waals surface area contributed by atoms with Crippen LogP contribution in [0.3, 0.4) is 0 Å². The zero-order valence-corrected chi connectivity index (χ0v) is 5.52. The molecule has 1 aliphatic heterocycles. The number of hydrogen-bond acceptors (Lipinski definition) is 2. The molecule has 50 valence electrons. The smallest absolute Gasteiger partial charge is 0.193 e. The minimum absolute atomic E-state index is 0.0368. The van der Waals surface area contributed by atoms with E-state index >= 15 is 0 Å². The molecule has 1 aliphatic rings. The van der Waals surface area contributed by atoms with E-state index < -0.39 is 0 Å². The van der Waals surface area contributed by atoms with Gasteiger partial charge < -0.3 is 4.74 Å². The third-order valence-electron chi connectivity index (χ3n) is 1.28. The topological polar surface area (TPSA) is 26.3 Å². The molecule has 2 nitrogen and oxygen atoms in total. The number of ether oxygens (including phenoxy) is 1.